The monoisotopic (exact) mass is 421 g/mol. The molecular weight excluding hydrogens is 393 g/mol. The Morgan fingerprint density at radius 3 is 2.52 bits per heavy atom. The highest BCUT2D eigenvalue weighted by atomic mass is 19.1. The molecule has 0 spiro atoms. The second kappa shape index (κ2) is 9.88. The fourth-order valence-electron chi connectivity index (χ4n) is 3.98. The Morgan fingerprint density at radius 1 is 1.03 bits per heavy atom. The number of aromatic nitrogens is 1. The summed E-state index contributed by atoms with van der Waals surface area (Å²) in [4.78, 5) is 21.2. The summed E-state index contributed by atoms with van der Waals surface area (Å²) in [7, 11) is 0. The summed E-state index contributed by atoms with van der Waals surface area (Å²) in [5, 5.41) is 0. The van der Waals surface area contributed by atoms with Crippen molar-refractivity contribution in [2.75, 3.05) is 13.1 Å². The second-order valence-electron chi connectivity index (χ2n) is 8.18. The van der Waals surface area contributed by atoms with Crippen LogP contribution in [-0.2, 0) is 19.6 Å². The van der Waals surface area contributed by atoms with Crippen LogP contribution in [0.25, 0.3) is 0 Å². The molecule has 2 heterocycles. The van der Waals surface area contributed by atoms with Crippen LogP contribution in [0, 0.1) is 12.7 Å². The molecule has 0 unspecified atom stereocenters. The first-order valence-corrected chi connectivity index (χ1v) is 10.8. The average Bonchev–Trinajstić information content (AvgIpc) is 3.25. The highest BCUT2D eigenvalue weighted by molar-refractivity contribution is 5.92. The number of rotatable bonds is 7. The van der Waals surface area contributed by atoms with Gasteiger partial charge in [0, 0.05) is 26.2 Å². The van der Waals surface area contributed by atoms with Crippen LogP contribution in [0.1, 0.15) is 52.3 Å². The fourth-order valence-corrected chi connectivity index (χ4v) is 3.98. The molecule has 1 aliphatic heterocycles. The van der Waals surface area contributed by atoms with E-state index < -0.39 is 0 Å². The predicted molar refractivity (Wildman–Crippen MR) is 117 cm³/mol. The molecule has 0 bridgehead atoms. The lowest BCUT2D eigenvalue weighted by molar-refractivity contribution is 0.0718. The number of carbonyl (C=O) groups excluding carboxylic acids is 1. The standard InChI is InChI=1S/C25H28FN3O2/c1-19-7-3-4-8-21(19)16-28(15-20-9-11-22(26)12-10-20)17-24-27-23(18-31-24)25(30)29-13-5-2-6-14-29/h3-4,7-12,18H,2,5-6,13-17H2,1H3. The maximum atomic E-state index is 13.3. The number of carbonyl (C=O) groups is 1. The largest absolute Gasteiger partial charge is 0.447 e. The van der Waals surface area contributed by atoms with Gasteiger partial charge in [-0.25, -0.2) is 9.37 Å². The summed E-state index contributed by atoms with van der Waals surface area (Å²) in [6.45, 7) is 5.43. The third-order valence-corrected chi connectivity index (χ3v) is 5.75. The highest BCUT2D eigenvalue weighted by Gasteiger charge is 2.22. The lowest BCUT2D eigenvalue weighted by Crippen LogP contribution is -2.35. The van der Waals surface area contributed by atoms with Crippen molar-refractivity contribution in [1.82, 2.24) is 14.8 Å². The highest BCUT2D eigenvalue weighted by Crippen LogP contribution is 2.18. The van der Waals surface area contributed by atoms with Crippen LogP contribution in [0.3, 0.4) is 0 Å². The van der Waals surface area contributed by atoms with E-state index in [2.05, 4.69) is 28.9 Å². The van der Waals surface area contributed by atoms with Crippen molar-refractivity contribution in [3.05, 3.63) is 88.9 Å². The summed E-state index contributed by atoms with van der Waals surface area (Å²) in [5.74, 6) is 0.206. The van der Waals surface area contributed by atoms with Gasteiger partial charge in [-0.1, -0.05) is 36.4 Å². The third kappa shape index (κ3) is 5.58. The van der Waals surface area contributed by atoms with Gasteiger partial charge in [0.25, 0.3) is 5.91 Å². The molecule has 5 nitrogen and oxygen atoms in total. The number of amides is 1. The molecule has 1 amide bonds. The Morgan fingerprint density at radius 2 is 1.77 bits per heavy atom. The van der Waals surface area contributed by atoms with Crippen molar-refractivity contribution in [1.29, 1.82) is 0 Å². The van der Waals surface area contributed by atoms with Crippen LogP contribution in [0.5, 0.6) is 0 Å². The zero-order chi connectivity index (χ0) is 21.6. The molecule has 0 N–H and O–H groups in total. The Kier molecular flexibility index (Phi) is 6.77. The van der Waals surface area contributed by atoms with E-state index in [4.69, 9.17) is 4.42 Å². The van der Waals surface area contributed by atoms with Gasteiger partial charge in [-0.05, 0) is 55.0 Å². The molecule has 3 aromatic rings. The molecule has 0 aliphatic carbocycles. The molecular formula is C25H28FN3O2. The van der Waals surface area contributed by atoms with Gasteiger partial charge < -0.3 is 9.32 Å². The second-order valence-corrected chi connectivity index (χ2v) is 8.18. The van der Waals surface area contributed by atoms with E-state index in [9.17, 15) is 9.18 Å². The maximum absolute atomic E-state index is 13.3. The number of hydrogen-bond donors (Lipinski definition) is 0. The lowest BCUT2D eigenvalue weighted by atomic mass is 10.1. The SMILES string of the molecule is Cc1ccccc1CN(Cc1ccc(F)cc1)Cc1nc(C(=O)N2CCCCC2)co1. The van der Waals surface area contributed by atoms with E-state index in [-0.39, 0.29) is 11.7 Å². The summed E-state index contributed by atoms with van der Waals surface area (Å²) >= 11 is 0. The molecule has 162 valence electrons. The molecule has 2 aromatic carbocycles. The predicted octanol–water partition coefficient (Wildman–Crippen LogP) is 4.95. The summed E-state index contributed by atoms with van der Waals surface area (Å²) in [6.07, 6.45) is 4.72. The minimum Gasteiger partial charge on any atom is -0.447 e. The smallest absolute Gasteiger partial charge is 0.275 e. The van der Waals surface area contributed by atoms with Gasteiger partial charge in [0.05, 0.1) is 6.54 Å². The van der Waals surface area contributed by atoms with Gasteiger partial charge in [0.1, 0.15) is 12.1 Å². The number of piperidine rings is 1. The van der Waals surface area contributed by atoms with Crippen LogP contribution < -0.4 is 0 Å². The van der Waals surface area contributed by atoms with Gasteiger partial charge >= 0.3 is 0 Å². The fraction of sp³-hybridized carbons (Fsp3) is 0.360. The maximum Gasteiger partial charge on any atom is 0.275 e. The Balaban J connectivity index is 1.50. The number of nitrogens with zero attached hydrogens (tertiary/aromatic N) is 3. The molecule has 0 radical (unpaired) electrons. The summed E-state index contributed by atoms with van der Waals surface area (Å²) < 4.78 is 19.0. The van der Waals surface area contributed by atoms with Crippen molar-refractivity contribution in [2.24, 2.45) is 0 Å². The number of oxazole rings is 1. The molecule has 1 aliphatic rings. The van der Waals surface area contributed by atoms with Crippen molar-refractivity contribution < 1.29 is 13.6 Å². The van der Waals surface area contributed by atoms with Crippen LogP contribution in [0.15, 0.2) is 59.2 Å². The van der Waals surface area contributed by atoms with Gasteiger partial charge in [-0.3, -0.25) is 9.69 Å². The van der Waals surface area contributed by atoms with E-state index in [1.807, 2.05) is 17.0 Å². The number of benzene rings is 2. The van der Waals surface area contributed by atoms with Gasteiger partial charge in [0.2, 0.25) is 5.89 Å². The Bertz CT molecular complexity index is 1010. The van der Waals surface area contributed by atoms with Crippen molar-refractivity contribution in [3.8, 4) is 0 Å². The first-order chi connectivity index (χ1) is 15.1. The van der Waals surface area contributed by atoms with Crippen LogP contribution in [0.4, 0.5) is 4.39 Å². The molecule has 6 heteroatoms. The van der Waals surface area contributed by atoms with E-state index in [0.717, 1.165) is 31.5 Å². The van der Waals surface area contributed by atoms with E-state index in [1.165, 1.54) is 35.9 Å². The minimum atomic E-state index is -0.247. The molecule has 1 saturated heterocycles. The van der Waals surface area contributed by atoms with Crippen LogP contribution in [-0.4, -0.2) is 33.8 Å². The minimum absolute atomic E-state index is 0.0568. The summed E-state index contributed by atoms with van der Waals surface area (Å²) in [6, 6.07) is 14.8. The summed E-state index contributed by atoms with van der Waals surface area (Å²) in [5.41, 5.74) is 3.79. The van der Waals surface area contributed by atoms with E-state index in [1.54, 1.807) is 12.1 Å². The average molecular weight is 422 g/mol. The lowest BCUT2D eigenvalue weighted by Gasteiger charge is -2.25. The van der Waals surface area contributed by atoms with E-state index in [0.29, 0.717) is 31.2 Å². The first kappa shape index (κ1) is 21.2. The zero-order valence-electron chi connectivity index (χ0n) is 17.9. The first-order valence-electron chi connectivity index (χ1n) is 10.8. The number of halogens is 1. The zero-order valence-corrected chi connectivity index (χ0v) is 17.9. The van der Waals surface area contributed by atoms with Gasteiger partial charge in [-0.15, -0.1) is 0 Å². The molecule has 31 heavy (non-hydrogen) atoms. The Hall–Kier alpha value is -2.99. The molecule has 0 saturated carbocycles. The number of likely N-dealkylation sites (tertiary alicyclic amines) is 1. The van der Waals surface area contributed by atoms with E-state index >= 15 is 0 Å². The van der Waals surface area contributed by atoms with Crippen molar-refractivity contribution in [3.63, 3.8) is 0 Å². The van der Waals surface area contributed by atoms with Crippen LogP contribution in [0.2, 0.25) is 0 Å². The molecule has 0 atom stereocenters. The van der Waals surface area contributed by atoms with Crippen molar-refractivity contribution in [2.45, 2.75) is 45.8 Å². The quantitative estimate of drug-likeness (QED) is 0.542. The van der Waals surface area contributed by atoms with Gasteiger partial charge in [0.15, 0.2) is 5.69 Å². The van der Waals surface area contributed by atoms with Gasteiger partial charge in [-0.2, -0.15) is 0 Å². The van der Waals surface area contributed by atoms with Crippen LogP contribution >= 0.6 is 0 Å². The molecule has 4 rings (SSSR count). The number of hydrogen-bond acceptors (Lipinski definition) is 4. The third-order valence-electron chi connectivity index (χ3n) is 5.75. The molecule has 1 fully saturated rings. The topological polar surface area (TPSA) is 49.6 Å². The normalized spacial score (nSPS) is 14.2. The Labute approximate surface area is 182 Å². The molecule has 1 aromatic heterocycles. The number of aryl methyl sites for hydroxylation is 1. The van der Waals surface area contributed by atoms with Crippen molar-refractivity contribution >= 4 is 5.91 Å².